The zero-order chi connectivity index (χ0) is 12.2. The lowest BCUT2D eigenvalue weighted by atomic mass is 10.2. The van der Waals surface area contributed by atoms with Gasteiger partial charge in [-0.3, -0.25) is 0 Å². The maximum absolute atomic E-state index is 5.66. The molecule has 3 heterocycles. The van der Waals surface area contributed by atoms with Crippen LogP contribution in [0.1, 0.15) is 11.7 Å². The highest BCUT2D eigenvalue weighted by molar-refractivity contribution is 5.25. The molecule has 2 aromatic heterocycles. The van der Waals surface area contributed by atoms with E-state index in [4.69, 9.17) is 8.83 Å². The fraction of sp³-hybridized carbons (Fsp3) is 0.500. The highest BCUT2D eigenvalue weighted by atomic mass is 16.4. The Morgan fingerprint density at radius 3 is 2.89 bits per heavy atom. The summed E-state index contributed by atoms with van der Waals surface area (Å²) in [5, 5.41) is 11.5. The minimum Gasteiger partial charge on any atom is -0.469 e. The van der Waals surface area contributed by atoms with E-state index in [0.717, 1.165) is 38.4 Å². The van der Waals surface area contributed by atoms with Gasteiger partial charge in [-0.15, -0.1) is 5.10 Å². The van der Waals surface area contributed by atoms with Crippen molar-refractivity contribution in [2.45, 2.75) is 12.8 Å². The van der Waals surface area contributed by atoms with Crippen LogP contribution in [0.3, 0.4) is 0 Å². The predicted molar refractivity (Wildman–Crippen MR) is 65.5 cm³/mol. The van der Waals surface area contributed by atoms with Gasteiger partial charge in [0, 0.05) is 39.0 Å². The number of aryl methyl sites for hydroxylation is 2. The summed E-state index contributed by atoms with van der Waals surface area (Å²) in [6.45, 7) is 3.76. The zero-order valence-electron chi connectivity index (χ0n) is 10.1. The van der Waals surface area contributed by atoms with Crippen molar-refractivity contribution in [1.82, 2.24) is 15.5 Å². The standard InChI is InChI=1S/C12H16N4O2/c1-2-10(17-9-1)3-4-11-14-15-12(18-11)16-7-5-13-6-8-16/h1-2,9,13H,3-8H2. The molecular formula is C12H16N4O2. The van der Waals surface area contributed by atoms with E-state index in [1.807, 2.05) is 12.1 Å². The molecule has 1 aliphatic rings. The predicted octanol–water partition coefficient (Wildman–Crippen LogP) is 0.857. The smallest absolute Gasteiger partial charge is 0.318 e. The first-order chi connectivity index (χ1) is 8.92. The van der Waals surface area contributed by atoms with Crippen molar-refractivity contribution < 1.29 is 8.83 Å². The fourth-order valence-corrected chi connectivity index (χ4v) is 2.01. The van der Waals surface area contributed by atoms with Crippen LogP contribution < -0.4 is 10.2 Å². The number of nitrogens with zero attached hydrogens (tertiary/aromatic N) is 3. The molecule has 18 heavy (non-hydrogen) atoms. The van der Waals surface area contributed by atoms with Crippen molar-refractivity contribution in [3.05, 3.63) is 30.0 Å². The number of furan rings is 1. The largest absolute Gasteiger partial charge is 0.469 e. The van der Waals surface area contributed by atoms with Crippen LogP contribution in [0.25, 0.3) is 0 Å². The Bertz CT molecular complexity index is 474. The van der Waals surface area contributed by atoms with E-state index in [1.54, 1.807) is 6.26 Å². The average molecular weight is 248 g/mol. The first-order valence-electron chi connectivity index (χ1n) is 6.22. The Kier molecular flexibility index (Phi) is 3.27. The Morgan fingerprint density at radius 1 is 1.22 bits per heavy atom. The third kappa shape index (κ3) is 2.53. The van der Waals surface area contributed by atoms with Gasteiger partial charge in [0.25, 0.3) is 0 Å². The van der Waals surface area contributed by atoms with Crippen molar-refractivity contribution >= 4 is 6.01 Å². The van der Waals surface area contributed by atoms with Crippen LogP contribution >= 0.6 is 0 Å². The van der Waals surface area contributed by atoms with Gasteiger partial charge in [-0.2, -0.15) is 0 Å². The molecule has 0 atom stereocenters. The van der Waals surface area contributed by atoms with Crippen LogP contribution in [0, 0.1) is 0 Å². The Balaban J connectivity index is 1.59. The molecule has 0 aliphatic carbocycles. The van der Waals surface area contributed by atoms with Gasteiger partial charge in [-0.1, -0.05) is 5.10 Å². The molecule has 1 aliphatic heterocycles. The Hall–Kier alpha value is -1.82. The van der Waals surface area contributed by atoms with Crippen LogP contribution in [0.15, 0.2) is 27.2 Å². The summed E-state index contributed by atoms with van der Waals surface area (Å²) in [6, 6.07) is 4.47. The Morgan fingerprint density at radius 2 is 2.11 bits per heavy atom. The van der Waals surface area contributed by atoms with Gasteiger partial charge in [0.2, 0.25) is 5.89 Å². The van der Waals surface area contributed by atoms with E-state index in [1.165, 1.54) is 0 Å². The molecule has 0 bridgehead atoms. The second kappa shape index (κ2) is 5.22. The SMILES string of the molecule is c1coc(CCc2nnc(N3CCNCC3)o2)c1. The molecule has 0 amide bonds. The first kappa shape index (κ1) is 11.3. The van der Waals surface area contributed by atoms with Crippen LogP contribution in [-0.2, 0) is 12.8 Å². The maximum Gasteiger partial charge on any atom is 0.318 e. The first-order valence-corrected chi connectivity index (χ1v) is 6.22. The molecule has 1 fully saturated rings. The number of hydrogen-bond acceptors (Lipinski definition) is 6. The summed E-state index contributed by atoms with van der Waals surface area (Å²) in [5.41, 5.74) is 0. The van der Waals surface area contributed by atoms with E-state index in [-0.39, 0.29) is 0 Å². The molecule has 6 heteroatoms. The zero-order valence-corrected chi connectivity index (χ0v) is 10.1. The number of rotatable bonds is 4. The molecule has 6 nitrogen and oxygen atoms in total. The van der Waals surface area contributed by atoms with E-state index in [2.05, 4.69) is 20.4 Å². The monoisotopic (exact) mass is 248 g/mol. The van der Waals surface area contributed by atoms with Gasteiger partial charge in [-0.25, -0.2) is 0 Å². The summed E-state index contributed by atoms with van der Waals surface area (Å²) in [6.07, 6.45) is 3.18. The van der Waals surface area contributed by atoms with Gasteiger partial charge >= 0.3 is 6.01 Å². The highest BCUT2D eigenvalue weighted by Crippen LogP contribution is 2.14. The molecule has 96 valence electrons. The number of anilines is 1. The molecule has 0 unspecified atom stereocenters. The summed E-state index contributed by atoms with van der Waals surface area (Å²) in [7, 11) is 0. The summed E-state index contributed by atoms with van der Waals surface area (Å²) >= 11 is 0. The average Bonchev–Trinajstić information content (AvgIpc) is 3.09. The normalized spacial score (nSPS) is 16.1. The van der Waals surface area contributed by atoms with Crippen molar-refractivity contribution in [2.75, 3.05) is 31.1 Å². The molecular weight excluding hydrogens is 232 g/mol. The second-order valence-electron chi connectivity index (χ2n) is 4.29. The van der Waals surface area contributed by atoms with E-state index in [9.17, 15) is 0 Å². The van der Waals surface area contributed by atoms with Gasteiger partial charge in [-0.05, 0) is 12.1 Å². The van der Waals surface area contributed by atoms with Crippen LogP contribution in [-0.4, -0.2) is 36.4 Å². The van der Waals surface area contributed by atoms with Crippen LogP contribution in [0.2, 0.25) is 0 Å². The van der Waals surface area contributed by atoms with E-state index < -0.39 is 0 Å². The molecule has 0 aromatic carbocycles. The maximum atomic E-state index is 5.66. The number of nitrogens with one attached hydrogen (secondary N) is 1. The molecule has 2 aromatic rings. The summed E-state index contributed by atoms with van der Waals surface area (Å²) in [4.78, 5) is 2.11. The molecule has 0 spiro atoms. The van der Waals surface area contributed by atoms with E-state index >= 15 is 0 Å². The lowest BCUT2D eigenvalue weighted by Gasteiger charge is -2.24. The number of hydrogen-bond donors (Lipinski definition) is 1. The van der Waals surface area contributed by atoms with E-state index in [0.29, 0.717) is 18.3 Å². The van der Waals surface area contributed by atoms with Crippen molar-refractivity contribution in [2.24, 2.45) is 0 Å². The Labute approximate surface area is 105 Å². The van der Waals surface area contributed by atoms with Crippen molar-refractivity contribution in [3.8, 4) is 0 Å². The van der Waals surface area contributed by atoms with Gasteiger partial charge < -0.3 is 19.1 Å². The van der Waals surface area contributed by atoms with Crippen LogP contribution in [0.5, 0.6) is 0 Å². The molecule has 1 saturated heterocycles. The van der Waals surface area contributed by atoms with Gasteiger partial charge in [0.05, 0.1) is 6.26 Å². The summed E-state index contributed by atoms with van der Waals surface area (Å²) < 4.78 is 10.9. The minimum atomic E-state index is 0.631. The second-order valence-corrected chi connectivity index (χ2v) is 4.29. The lowest BCUT2D eigenvalue weighted by molar-refractivity contribution is 0.451. The molecule has 3 rings (SSSR count). The van der Waals surface area contributed by atoms with Gasteiger partial charge in [0.1, 0.15) is 5.76 Å². The minimum absolute atomic E-state index is 0.631. The van der Waals surface area contributed by atoms with Crippen molar-refractivity contribution in [1.29, 1.82) is 0 Å². The molecule has 0 saturated carbocycles. The molecule has 1 N–H and O–H groups in total. The number of aromatic nitrogens is 2. The third-order valence-corrected chi connectivity index (χ3v) is 3.01. The molecule has 0 radical (unpaired) electrons. The lowest BCUT2D eigenvalue weighted by Crippen LogP contribution is -2.43. The fourth-order valence-electron chi connectivity index (χ4n) is 2.01. The van der Waals surface area contributed by atoms with Crippen molar-refractivity contribution in [3.63, 3.8) is 0 Å². The van der Waals surface area contributed by atoms with Crippen LogP contribution in [0.4, 0.5) is 6.01 Å². The quantitative estimate of drug-likeness (QED) is 0.865. The van der Waals surface area contributed by atoms with Gasteiger partial charge in [0.15, 0.2) is 0 Å². The third-order valence-electron chi connectivity index (χ3n) is 3.01. The topological polar surface area (TPSA) is 67.3 Å². The summed E-state index contributed by atoms with van der Waals surface area (Å²) in [5.74, 6) is 1.61. The number of piperazine rings is 1. The highest BCUT2D eigenvalue weighted by Gasteiger charge is 2.16.